The Bertz CT molecular complexity index is 798. The number of rotatable bonds is 5. The number of halogens is 1. The van der Waals surface area contributed by atoms with Crippen molar-refractivity contribution in [2.75, 3.05) is 18.1 Å². The summed E-state index contributed by atoms with van der Waals surface area (Å²) in [5.74, 6) is -2.91. The van der Waals surface area contributed by atoms with Gasteiger partial charge in [0.1, 0.15) is 11.4 Å². The fourth-order valence-electron chi connectivity index (χ4n) is 3.57. The molecule has 0 unspecified atom stereocenters. The van der Waals surface area contributed by atoms with Crippen molar-refractivity contribution >= 4 is 23.5 Å². The standard InChI is InChI=1S/C19H20FN3O4/c20-14-5-1-2-6-15(14)23-10-13(9-17(23)25)18(26)27-11-16(24)22-19(12-21)7-3-4-8-19/h1-2,5-6,13H,3-4,7-11H2,(H,22,24)/t13-/m0/s1. The highest BCUT2D eigenvalue weighted by molar-refractivity contribution is 5.99. The van der Waals surface area contributed by atoms with E-state index in [0.29, 0.717) is 12.8 Å². The Kier molecular flexibility index (Phi) is 5.40. The third-order valence-corrected chi connectivity index (χ3v) is 5.00. The van der Waals surface area contributed by atoms with Crippen molar-refractivity contribution in [1.82, 2.24) is 5.32 Å². The molecule has 1 aromatic carbocycles. The van der Waals surface area contributed by atoms with Crippen LogP contribution in [0, 0.1) is 23.1 Å². The summed E-state index contributed by atoms with van der Waals surface area (Å²) in [6, 6.07) is 7.96. The second-order valence-electron chi connectivity index (χ2n) is 6.91. The van der Waals surface area contributed by atoms with Gasteiger partial charge in [-0.25, -0.2) is 4.39 Å². The number of nitrogens with one attached hydrogen (secondary N) is 1. The van der Waals surface area contributed by atoms with E-state index in [1.807, 2.05) is 0 Å². The van der Waals surface area contributed by atoms with Crippen LogP contribution in [0.15, 0.2) is 24.3 Å². The molecule has 142 valence electrons. The number of amides is 2. The number of benzene rings is 1. The Hall–Kier alpha value is -2.95. The highest BCUT2D eigenvalue weighted by atomic mass is 19.1. The van der Waals surface area contributed by atoms with Crippen molar-refractivity contribution in [2.24, 2.45) is 5.92 Å². The number of para-hydroxylation sites is 1. The molecule has 8 heteroatoms. The number of nitrogens with zero attached hydrogens (tertiary/aromatic N) is 2. The number of carbonyl (C=O) groups excluding carboxylic acids is 3. The molecule has 1 N–H and O–H groups in total. The van der Waals surface area contributed by atoms with Crippen molar-refractivity contribution in [3.63, 3.8) is 0 Å². The maximum absolute atomic E-state index is 13.9. The topological polar surface area (TPSA) is 99.5 Å². The average molecular weight is 373 g/mol. The van der Waals surface area contributed by atoms with Crippen LogP contribution in [-0.2, 0) is 19.1 Å². The first-order valence-electron chi connectivity index (χ1n) is 8.88. The number of esters is 1. The van der Waals surface area contributed by atoms with Crippen LogP contribution in [0.5, 0.6) is 0 Å². The van der Waals surface area contributed by atoms with Crippen LogP contribution in [0.1, 0.15) is 32.1 Å². The van der Waals surface area contributed by atoms with Crippen LogP contribution >= 0.6 is 0 Å². The fraction of sp³-hybridized carbons (Fsp3) is 0.474. The van der Waals surface area contributed by atoms with Crippen molar-refractivity contribution in [3.05, 3.63) is 30.1 Å². The molecule has 3 rings (SSSR count). The van der Waals surface area contributed by atoms with Gasteiger partial charge in [-0.1, -0.05) is 12.1 Å². The van der Waals surface area contributed by atoms with E-state index in [-0.39, 0.29) is 24.6 Å². The summed E-state index contributed by atoms with van der Waals surface area (Å²) >= 11 is 0. The lowest BCUT2D eigenvalue weighted by molar-refractivity contribution is -0.152. The van der Waals surface area contributed by atoms with Crippen molar-refractivity contribution in [1.29, 1.82) is 5.26 Å². The van der Waals surface area contributed by atoms with E-state index < -0.39 is 35.8 Å². The second kappa shape index (κ2) is 7.74. The third kappa shape index (κ3) is 4.08. The predicted molar refractivity (Wildman–Crippen MR) is 92.8 cm³/mol. The average Bonchev–Trinajstić information content (AvgIpc) is 3.27. The van der Waals surface area contributed by atoms with Gasteiger partial charge in [0.05, 0.1) is 17.7 Å². The van der Waals surface area contributed by atoms with Crippen LogP contribution in [0.4, 0.5) is 10.1 Å². The minimum atomic E-state index is -0.881. The van der Waals surface area contributed by atoms with Crippen molar-refractivity contribution in [2.45, 2.75) is 37.6 Å². The van der Waals surface area contributed by atoms with Crippen molar-refractivity contribution < 1.29 is 23.5 Å². The maximum Gasteiger partial charge on any atom is 0.311 e. The Labute approximate surface area is 156 Å². The smallest absolute Gasteiger partial charge is 0.311 e. The summed E-state index contributed by atoms with van der Waals surface area (Å²) < 4.78 is 18.9. The molecule has 1 atom stereocenters. The summed E-state index contributed by atoms with van der Waals surface area (Å²) in [6.07, 6.45) is 2.79. The molecule has 2 fully saturated rings. The zero-order chi connectivity index (χ0) is 19.4. The molecule has 1 aromatic rings. The molecule has 1 aliphatic heterocycles. The van der Waals surface area contributed by atoms with E-state index in [0.717, 1.165) is 12.8 Å². The number of ether oxygens (including phenoxy) is 1. The molecule has 7 nitrogen and oxygen atoms in total. The van der Waals surface area contributed by atoms with Gasteiger partial charge in [-0.15, -0.1) is 0 Å². The van der Waals surface area contributed by atoms with Gasteiger partial charge >= 0.3 is 5.97 Å². The fourth-order valence-corrected chi connectivity index (χ4v) is 3.57. The molecule has 27 heavy (non-hydrogen) atoms. The van der Waals surface area contributed by atoms with Crippen LogP contribution < -0.4 is 10.2 Å². The molecule has 1 aliphatic carbocycles. The van der Waals surface area contributed by atoms with Gasteiger partial charge in [0.15, 0.2) is 6.61 Å². The van der Waals surface area contributed by atoms with E-state index in [1.165, 1.54) is 23.1 Å². The van der Waals surface area contributed by atoms with Gasteiger partial charge in [-0.3, -0.25) is 14.4 Å². The molecular weight excluding hydrogens is 353 g/mol. The molecule has 0 aromatic heterocycles. The largest absolute Gasteiger partial charge is 0.455 e. The van der Waals surface area contributed by atoms with Crippen molar-refractivity contribution in [3.8, 4) is 6.07 Å². The summed E-state index contributed by atoms with van der Waals surface area (Å²) in [6.45, 7) is -0.505. The maximum atomic E-state index is 13.9. The first-order chi connectivity index (χ1) is 12.9. The molecule has 0 spiro atoms. The number of anilines is 1. The molecule has 2 amide bonds. The lowest BCUT2D eigenvalue weighted by atomic mass is 10.00. The molecule has 1 saturated carbocycles. The molecule has 1 heterocycles. The summed E-state index contributed by atoms with van der Waals surface area (Å²) in [7, 11) is 0. The zero-order valence-electron chi connectivity index (χ0n) is 14.7. The van der Waals surface area contributed by atoms with Crippen LogP contribution in [-0.4, -0.2) is 36.5 Å². The van der Waals surface area contributed by atoms with E-state index in [1.54, 1.807) is 6.07 Å². The Morgan fingerprint density at radius 2 is 2.04 bits per heavy atom. The SMILES string of the molecule is N#CC1(NC(=O)COC(=O)[C@H]2CC(=O)N(c3ccccc3F)C2)CCCC1. The van der Waals surface area contributed by atoms with E-state index in [4.69, 9.17) is 4.74 Å². The number of hydrogen-bond acceptors (Lipinski definition) is 5. The lowest BCUT2D eigenvalue weighted by Crippen LogP contribution is -2.47. The summed E-state index contributed by atoms with van der Waals surface area (Å²) in [5.41, 5.74) is -0.762. The predicted octanol–water partition coefficient (Wildman–Crippen LogP) is 1.67. The minimum Gasteiger partial charge on any atom is -0.455 e. The Morgan fingerprint density at radius 3 is 2.70 bits per heavy atom. The van der Waals surface area contributed by atoms with E-state index in [9.17, 15) is 24.0 Å². The molecule has 0 bridgehead atoms. The lowest BCUT2D eigenvalue weighted by Gasteiger charge is -2.22. The number of nitriles is 1. The molecule has 0 radical (unpaired) electrons. The second-order valence-corrected chi connectivity index (χ2v) is 6.91. The first kappa shape index (κ1) is 18.8. The van der Waals surface area contributed by atoms with Gasteiger partial charge in [0, 0.05) is 13.0 Å². The first-order valence-corrected chi connectivity index (χ1v) is 8.88. The Balaban J connectivity index is 1.53. The molecular formula is C19H20FN3O4. The van der Waals surface area contributed by atoms with Gasteiger partial charge in [0.25, 0.3) is 5.91 Å². The highest BCUT2D eigenvalue weighted by Gasteiger charge is 2.38. The monoisotopic (exact) mass is 373 g/mol. The molecule has 1 saturated heterocycles. The van der Waals surface area contributed by atoms with Crippen LogP contribution in [0.2, 0.25) is 0 Å². The van der Waals surface area contributed by atoms with E-state index in [2.05, 4.69) is 11.4 Å². The summed E-state index contributed by atoms with van der Waals surface area (Å²) in [4.78, 5) is 37.6. The zero-order valence-corrected chi connectivity index (χ0v) is 14.7. The normalized spacial score (nSPS) is 21.0. The number of carbonyl (C=O) groups is 3. The van der Waals surface area contributed by atoms with Gasteiger partial charge in [-0.2, -0.15) is 5.26 Å². The summed E-state index contributed by atoms with van der Waals surface area (Å²) in [5, 5.41) is 11.9. The van der Waals surface area contributed by atoms with Gasteiger partial charge < -0.3 is 15.0 Å². The van der Waals surface area contributed by atoms with Gasteiger partial charge in [-0.05, 0) is 37.8 Å². The quantitative estimate of drug-likeness (QED) is 0.792. The number of hydrogen-bond donors (Lipinski definition) is 1. The minimum absolute atomic E-state index is 0.00233. The highest BCUT2D eigenvalue weighted by Crippen LogP contribution is 2.29. The van der Waals surface area contributed by atoms with Gasteiger partial charge in [0.2, 0.25) is 5.91 Å². The third-order valence-electron chi connectivity index (χ3n) is 5.00. The van der Waals surface area contributed by atoms with Crippen LogP contribution in [0.3, 0.4) is 0 Å². The Morgan fingerprint density at radius 1 is 1.33 bits per heavy atom. The van der Waals surface area contributed by atoms with E-state index >= 15 is 0 Å². The van der Waals surface area contributed by atoms with Crippen LogP contribution in [0.25, 0.3) is 0 Å². The molecule has 2 aliphatic rings.